The summed E-state index contributed by atoms with van der Waals surface area (Å²) < 4.78 is 29.2. The summed E-state index contributed by atoms with van der Waals surface area (Å²) in [7, 11) is -3.08. The first-order valence-corrected chi connectivity index (χ1v) is 12.4. The van der Waals surface area contributed by atoms with Crippen LogP contribution in [0.15, 0.2) is 0 Å². The molecule has 0 aromatic heterocycles. The van der Waals surface area contributed by atoms with Crippen molar-refractivity contribution in [3.05, 3.63) is 0 Å². The van der Waals surface area contributed by atoms with Gasteiger partial charge in [-0.1, -0.05) is 0 Å². The number of rotatable bonds is 5. The molecule has 0 aromatic rings. The molecule has 0 aromatic carbocycles. The minimum atomic E-state index is -3.08. The molecule has 6 rings (SSSR count). The van der Waals surface area contributed by atoms with E-state index in [4.69, 9.17) is 4.74 Å². The average molecular weight is 412 g/mol. The second-order valence-electron chi connectivity index (χ2n) is 10.1. The van der Waals surface area contributed by atoms with Crippen LogP contribution < -0.4 is 0 Å². The predicted molar refractivity (Wildman–Crippen MR) is 100.0 cm³/mol. The van der Waals surface area contributed by atoms with Crippen LogP contribution in [-0.4, -0.2) is 66.1 Å². The van der Waals surface area contributed by atoms with Gasteiger partial charge in [-0.05, 0) is 69.6 Å². The molecule has 1 aliphatic heterocycles. The van der Waals surface area contributed by atoms with Gasteiger partial charge >= 0.3 is 5.97 Å². The second kappa shape index (κ2) is 6.17. The van der Waals surface area contributed by atoms with E-state index in [0.29, 0.717) is 24.7 Å². The highest BCUT2D eigenvalue weighted by Gasteiger charge is 2.61. The maximum Gasteiger partial charge on any atom is 0.312 e. The maximum atomic E-state index is 13.0. The summed E-state index contributed by atoms with van der Waals surface area (Å²) in [4.78, 5) is 27.5. The molecule has 6 fully saturated rings. The van der Waals surface area contributed by atoms with Crippen LogP contribution in [0.4, 0.5) is 0 Å². The first kappa shape index (κ1) is 18.9. The van der Waals surface area contributed by atoms with E-state index in [2.05, 4.69) is 0 Å². The normalized spacial score (nSPS) is 43.1. The Kier molecular flexibility index (Phi) is 4.16. The van der Waals surface area contributed by atoms with Crippen LogP contribution in [0.2, 0.25) is 0 Å². The SMILES string of the molecule is O=C(COC(=O)C12C[C@@H]3C[C@@H](CC(O)(C3)C1)C2)N(C1CC1)[C@@H]1CCS(=O)(=O)C1. The van der Waals surface area contributed by atoms with Gasteiger partial charge < -0.3 is 14.7 Å². The van der Waals surface area contributed by atoms with Gasteiger partial charge in [-0.2, -0.15) is 0 Å². The van der Waals surface area contributed by atoms with Gasteiger partial charge in [0.15, 0.2) is 16.4 Å². The van der Waals surface area contributed by atoms with E-state index in [1.54, 1.807) is 4.90 Å². The summed E-state index contributed by atoms with van der Waals surface area (Å²) in [6.45, 7) is -0.318. The Morgan fingerprint density at radius 1 is 1.04 bits per heavy atom. The van der Waals surface area contributed by atoms with Gasteiger partial charge in [0.05, 0.1) is 22.5 Å². The summed E-state index contributed by atoms with van der Waals surface area (Å²) in [6, 6.07) is -0.200. The smallest absolute Gasteiger partial charge is 0.312 e. The number of sulfone groups is 1. The van der Waals surface area contributed by atoms with Crippen LogP contribution in [0.3, 0.4) is 0 Å². The molecule has 4 bridgehead atoms. The molecule has 5 saturated carbocycles. The van der Waals surface area contributed by atoms with Crippen molar-refractivity contribution in [2.24, 2.45) is 17.3 Å². The van der Waals surface area contributed by atoms with Gasteiger partial charge in [0.2, 0.25) is 0 Å². The van der Waals surface area contributed by atoms with Crippen molar-refractivity contribution in [1.29, 1.82) is 0 Å². The lowest BCUT2D eigenvalue weighted by Crippen LogP contribution is -2.58. The molecule has 6 aliphatic rings. The summed E-state index contributed by atoms with van der Waals surface area (Å²) in [5.74, 6) is 0.272. The van der Waals surface area contributed by atoms with E-state index >= 15 is 0 Å². The standard InChI is InChI=1S/C20H29NO6S/c22-17(21(15-1-2-15)16-3-4-28(25,26)11-16)10-27-18(23)19-6-13-5-14(7-19)9-20(24,8-13)12-19/h13-16,24H,1-12H2/t13-,14+,16-,19?,20?/m1/s1. The topological polar surface area (TPSA) is 101 Å². The lowest BCUT2D eigenvalue weighted by Gasteiger charge is -2.58. The van der Waals surface area contributed by atoms with Crippen LogP contribution in [0.25, 0.3) is 0 Å². The fourth-order valence-corrected chi connectivity index (χ4v) is 8.57. The molecule has 1 amide bonds. The number of carbonyl (C=O) groups is 2. The van der Waals surface area contributed by atoms with E-state index in [1.807, 2.05) is 0 Å². The third-order valence-corrected chi connectivity index (χ3v) is 9.37. The molecule has 7 nitrogen and oxygen atoms in total. The van der Waals surface area contributed by atoms with Crippen molar-refractivity contribution in [3.63, 3.8) is 0 Å². The maximum absolute atomic E-state index is 13.0. The predicted octanol–water partition coefficient (Wildman–Crippen LogP) is 1.04. The lowest BCUT2D eigenvalue weighted by atomic mass is 9.48. The van der Waals surface area contributed by atoms with Crippen molar-refractivity contribution in [3.8, 4) is 0 Å². The molecule has 1 N–H and O–H groups in total. The largest absolute Gasteiger partial charge is 0.455 e. The highest BCUT2D eigenvalue weighted by Crippen LogP contribution is 2.62. The van der Waals surface area contributed by atoms with Gasteiger partial charge in [0, 0.05) is 12.1 Å². The molecule has 1 saturated heterocycles. The lowest BCUT2D eigenvalue weighted by molar-refractivity contribution is -0.197. The van der Waals surface area contributed by atoms with E-state index in [9.17, 15) is 23.1 Å². The Bertz CT molecular complexity index is 790. The monoisotopic (exact) mass is 411 g/mol. The number of hydrogen-bond donors (Lipinski definition) is 1. The average Bonchev–Trinajstić information content (AvgIpc) is 3.33. The van der Waals surface area contributed by atoms with Crippen molar-refractivity contribution in [2.75, 3.05) is 18.1 Å². The Morgan fingerprint density at radius 3 is 2.25 bits per heavy atom. The molecule has 5 atom stereocenters. The highest BCUT2D eigenvalue weighted by molar-refractivity contribution is 7.91. The minimum absolute atomic E-state index is 0.0174. The van der Waals surface area contributed by atoms with Crippen LogP contribution >= 0.6 is 0 Å². The van der Waals surface area contributed by atoms with Crippen molar-refractivity contribution < 1.29 is 27.9 Å². The van der Waals surface area contributed by atoms with Crippen molar-refractivity contribution in [1.82, 2.24) is 4.90 Å². The van der Waals surface area contributed by atoms with E-state index in [-0.39, 0.29) is 42.1 Å². The molecule has 0 spiro atoms. The summed E-state index contributed by atoms with van der Waals surface area (Å²) in [5.41, 5.74) is -1.38. The first-order chi connectivity index (χ1) is 13.2. The third-order valence-electron chi connectivity index (χ3n) is 7.62. The number of carbonyl (C=O) groups excluding carboxylic acids is 2. The third kappa shape index (κ3) is 3.26. The Morgan fingerprint density at radius 2 is 1.71 bits per heavy atom. The number of aliphatic hydroxyl groups is 1. The van der Waals surface area contributed by atoms with Crippen LogP contribution in [0.1, 0.15) is 57.8 Å². The molecule has 0 radical (unpaired) electrons. The summed E-state index contributed by atoms with van der Waals surface area (Å²) in [5, 5.41) is 10.8. The number of amides is 1. The van der Waals surface area contributed by atoms with Crippen LogP contribution in [-0.2, 0) is 24.2 Å². The highest BCUT2D eigenvalue weighted by atomic mass is 32.2. The van der Waals surface area contributed by atoms with Gasteiger partial charge in [0.1, 0.15) is 0 Å². The minimum Gasteiger partial charge on any atom is -0.455 e. The number of ether oxygens (including phenoxy) is 1. The Hall–Kier alpha value is -1.15. The second-order valence-corrected chi connectivity index (χ2v) is 12.4. The molecule has 28 heavy (non-hydrogen) atoms. The fourth-order valence-electron chi connectivity index (χ4n) is 6.86. The van der Waals surface area contributed by atoms with Gasteiger partial charge in [-0.25, -0.2) is 8.42 Å². The van der Waals surface area contributed by atoms with E-state index < -0.39 is 20.9 Å². The van der Waals surface area contributed by atoms with E-state index in [1.165, 1.54) is 0 Å². The number of esters is 1. The van der Waals surface area contributed by atoms with E-state index in [0.717, 1.165) is 44.9 Å². The zero-order chi connectivity index (χ0) is 19.7. The Balaban J connectivity index is 1.24. The Labute approximate surface area is 165 Å². The fraction of sp³-hybridized carbons (Fsp3) is 0.900. The van der Waals surface area contributed by atoms with Gasteiger partial charge in [0.25, 0.3) is 5.91 Å². The molecule has 156 valence electrons. The zero-order valence-corrected chi connectivity index (χ0v) is 17.0. The quantitative estimate of drug-likeness (QED) is 0.679. The van der Waals surface area contributed by atoms with Crippen LogP contribution in [0.5, 0.6) is 0 Å². The number of hydrogen-bond acceptors (Lipinski definition) is 6. The zero-order valence-electron chi connectivity index (χ0n) is 16.1. The molecule has 1 heterocycles. The van der Waals surface area contributed by atoms with Crippen molar-refractivity contribution in [2.45, 2.75) is 75.5 Å². The van der Waals surface area contributed by atoms with Crippen molar-refractivity contribution >= 4 is 21.7 Å². The number of nitrogens with zero attached hydrogens (tertiary/aromatic N) is 1. The summed E-state index contributed by atoms with van der Waals surface area (Å²) in [6.07, 6.45) is 6.85. The van der Waals surface area contributed by atoms with Crippen LogP contribution in [0, 0.1) is 17.3 Å². The molecule has 8 heteroatoms. The molecule has 2 unspecified atom stereocenters. The molecular weight excluding hydrogens is 382 g/mol. The first-order valence-electron chi connectivity index (χ1n) is 10.6. The van der Waals surface area contributed by atoms with Gasteiger partial charge in [-0.15, -0.1) is 0 Å². The summed E-state index contributed by atoms with van der Waals surface area (Å²) >= 11 is 0. The van der Waals surface area contributed by atoms with Gasteiger partial charge in [-0.3, -0.25) is 9.59 Å². The molecule has 5 aliphatic carbocycles. The molecular formula is C20H29NO6S.